The summed E-state index contributed by atoms with van der Waals surface area (Å²) in [6.07, 6.45) is -5.02. The molecule has 0 saturated heterocycles. The standard InChI is InChI=1S/C44H33F6NO4/c45-41(46)43(49)54-39-21-5-31(6-22-39)27-52-25-29-1-9-33(10-2-29)35-13-17-37(18-14-35)51-38-19-15-36(16-20-38)34-11-3-30(4-12-34)26-53-28-32-7-23-40(24-8-32)55-44(50)42(47)48/h1-24,51H,25-28H2. The van der Waals surface area contributed by atoms with Crippen LogP contribution in [0.1, 0.15) is 22.3 Å². The Morgan fingerprint density at radius 2 is 0.600 bits per heavy atom. The summed E-state index contributed by atoms with van der Waals surface area (Å²) in [6, 6.07) is 40.6. The van der Waals surface area contributed by atoms with Crippen LogP contribution in [0, 0.1) is 0 Å². The Bertz CT molecular complexity index is 2040. The molecule has 5 nitrogen and oxygen atoms in total. The van der Waals surface area contributed by atoms with Crippen LogP contribution in [0.5, 0.6) is 11.5 Å². The normalized spacial score (nSPS) is 10.8. The predicted octanol–water partition coefficient (Wildman–Crippen LogP) is 13.0. The highest BCUT2D eigenvalue weighted by Gasteiger charge is 2.09. The lowest BCUT2D eigenvalue weighted by Crippen LogP contribution is -1.95. The Morgan fingerprint density at radius 1 is 0.345 bits per heavy atom. The molecule has 0 aliphatic rings. The van der Waals surface area contributed by atoms with Crippen LogP contribution in [-0.4, -0.2) is 0 Å². The molecule has 0 spiro atoms. The zero-order valence-corrected chi connectivity index (χ0v) is 29.1. The first-order valence-corrected chi connectivity index (χ1v) is 16.9. The number of halogens is 6. The van der Waals surface area contributed by atoms with E-state index in [1.807, 2.05) is 72.8 Å². The fourth-order valence-corrected chi connectivity index (χ4v) is 5.41. The largest absolute Gasteiger partial charge is 0.428 e. The fourth-order valence-electron chi connectivity index (χ4n) is 5.41. The lowest BCUT2D eigenvalue weighted by Gasteiger charge is -2.10. The van der Waals surface area contributed by atoms with Crippen LogP contribution in [0.3, 0.4) is 0 Å². The van der Waals surface area contributed by atoms with Crippen molar-refractivity contribution in [3.63, 3.8) is 0 Å². The molecule has 0 unspecified atom stereocenters. The van der Waals surface area contributed by atoms with E-state index in [1.165, 1.54) is 24.3 Å². The van der Waals surface area contributed by atoms with E-state index in [-0.39, 0.29) is 11.5 Å². The van der Waals surface area contributed by atoms with Gasteiger partial charge in [0.05, 0.1) is 26.4 Å². The second kappa shape index (κ2) is 18.6. The number of ether oxygens (including phenoxy) is 4. The summed E-state index contributed by atoms with van der Waals surface area (Å²) in [5.74, 6) is -0.0583. The molecule has 0 aliphatic heterocycles. The van der Waals surface area contributed by atoms with Gasteiger partial charge in [-0.25, -0.2) is 0 Å². The summed E-state index contributed by atoms with van der Waals surface area (Å²) in [4.78, 5) is 0. The van der Waals surface area contributed by atoms with Gasteiger partial charge in [-0.1, -0.05) is 97.1 Å². The van der Waals surface area contributed by atoms with Crippen molar-refractivity contribution in [1.29, 1.82) is 0 Å². The number of hydrogen-bond acceptors (Lipinski definition) is 5. The van der Waals surface area contributed by atoms with E-state index in [1.54, 1.807) is 24.3 Å². The molecule has 0 aliphatic carbocycles. The SMILES string of the molecule is FC(F)=C(F)Oc1ccc(COCc2ccc(-c3ccc(Nc4ccc(-c5ccc(COCc6ccc(OC(F)=C(F)F)cc6)cc5)cc4)cc3)cc2)cc1. The average molecular weight is 754 g/mol. The highest BCUT2D eigenvalue weighted by atomic mass is 19.3. The minimum Gasteiger partial charge on any atom is -0.428 e. The van der Waals surface area contributed by atoms with Crippen molar-refractivity contribution in [1.82, 2.24) is 0 Å². The van der Waals surface area contributed by atoms with Gasteiger partial charge in [-0.15, -0.1) is 0 Å². The zero-order chi connectivity index (χ0) is 38.6. The molecule has 0 fully saturated rings. The maximum absolute atomic E-state index is 12.9. The fraction of sp³-hybridized carbons (Fsp3) is 0.0909. The van der Waals surface area contributed by atoms with E-state index >= 15 is 0 Å². The van der Waals surface area contributed by atoms with Crippen molar-refractivity contribution in [2.45, 2.75) is 26.4 Å². The van der Waals surface area contributed by atoms with Crippen LogP contribution in [0.4, 0.5) is 37.7 Å². The van der Waals surface area contributed by atoms with Gasteiger partial charge in [0.1, 0.15) is 11.5 Å². The van der Waals surface area contributed by atoms with E-state index in [2.05, 4.69) is 39.1 Å². The van der Waals surface area contributed by atoms with Crippen LogP contribution in [-0.2, 0) is 35.9 Å². The number of nitrogens with one attached hydrogen (secondary N) is 1. The molecule has 55 heavy (non-hydrogen) atoms. The highest BCUT2D eigenvalue weighted by molar-refractivity contribution is 5.71. The molecule has 0 atom stereocenters. The first-order valence-electron chi connectivity index (χ1n) is 16.9. The van der Waals surface area contributed by atoms with Gasteiger partial charge >= 0.3 is 24.2 Å². The van der Waals surface area contributed by atoms with Gasteiger partial charge < -0.3 is 24.3 Å². The van der Waals surface area contributed by atoms with Gasteiger partial charge in [0.2, 0.25) is 0 Å². The lowest BCUT2D eigenvalue weighted by molar-refractivity contribution is 0.107. The maximum Gasteiger partial charge on any atom is 0.344 e. The van der Waals surface area contributed by atoms with Crippen LogP contribution in [0.2, 0.25) is 0 Å². The van der Waals surface area contributed by atoms with Crippen LogP contribution < -0.4 is 14.8 Å². The third kappa shape index (κ3) is 11.3. The molecule has 0 radical (unpaired) electrons. The molecule has 6 rings (SSSR count). The molecule has 6 aromatic rings. The Labute approximate surface area is 313 Å². The van der Waals surface area contributed by atoms with Crippen molar-refractivity contribution in [3.8, 4) is 33.8 Å². The second-order valence-electron chi connectivity index (χ2n) is 12.2. The maximum atomic E-state index is 12.9. The van der Waals surface area contributed by atoms with E-state index in [4.69, 9.17) is 9.47 Å². The van der Waals surface area contributed by atoms with E-state index < -0.39 is 24.2 Å². The van der Waals surface area contributed by atoms with E-state index in [9.17, 15) is 26.3 Å². The van der Waals surface area contributed by atoms with Gasteiger partial charge in [0.25, 0.3) is 0 Å². The smallest absolute Gasteiger partial charge is 0.344 e. The predicted molar refractivity (Wildman–Crippen MR) is 199 cm³/mol. The van der Waals surface area contributed by atoms with Gasteiger partial charge in [0, 0.05) is 11.4 Å². The zero-order valence-electron chi connectivity index (χ0n) is 29.1. The number of hydrogen-bond donors (Lipinski definition) is 1. The molecule has 0 amide bonds. The van der Waals surface area contributed by atoms with Gasteiger partial charge in [0.15, 0.2) is 0 Å². The molecule has 6 aromatic carbocycles. The molecule has 0 heterocycles. The molecule has 0 aromatic heterocycles. The summed E-state index contributed by atoms with van der Waals surface area (Å²) in [5, 5.41) is 3.44. The van der Waals surface area contributed by atoms with Gasteiger partial charge in [-0.2, -0.15) is 26.3 Å². The molecular formula is C44H33F6NO4. The molecule has 1 N–H and O–H groups in total. The third-order valence-corrected chi connectivity index (χ3v) is 8.27. The summed E-state index contributed by atoms with van der Waals surface area (Å²) in [7, 11) is 0. The molecule has 11 heteroatoms. The first kappa shape index (κ1) is 38.4. The average Bonchev–Trinajstić information content (AvgIpc) is 3.20. The molecular weight excluding hydrogens is 720 g/mol. The first-order chi connectivity index (χ1) is 26.7. The number of rotatable bonds is 16. The van der Waals surface area contributed by atoms with Crippen molar-refractivity contribution in [3.05, 3.63) is 192 Å². The van der Waals surface area contributed by atoms with Crippen molar-refractivity contribution < 1.29 is 45.3 Å². The van der Waals surface area contributed by atoms with Crippen LogP contribution in [0.25, 0.3) is 22.3 Å². The Kier molecular flexibility index (Phi) is 13.0. The minimum atomic E-state index is -2.51. The Hall–Kier alpha value is -6.30. The monoisotopic (exact) mass is 753 g/mol. The summed E-state index contributed by atoms with van der Waals surface area (Å²) in [5.41, 5.74) is 9.69. The minimum absolute atomic E-state index is 0.0292. The van der Waals surface area contributed by atoms with E-state index in [0.717, 1.165) is 55.9 Å². The Balaban J connectivity index is 0.930. The quantitative estimate of drug-likeness (QED) is 0.0788. The molecule has 280 valence electrons. The van der Waals surface area contributed by atoms with Gasteiger partial charge in [-0.3, -0.25) is 0 Å². The van der Waals surface area contributed by atoms with Crippen LogP contribution >= 0.6 is 0 Å². The summed E-state index contributed by atoms with van der Waals surface area (Å²) >= 11 is 0. The topological polar surface area (TPSA) is 49.0 Å². The molecule has 0 saturated carbocycles. The Morgan fingerprint density at radius 3 is 0.873 bits per heavy atom. The lowest BCUT2D eigenvalue weighted by atomic mass is 10.0. The van der Waals surface area contributed by atoms with Crippen molar-refractivity contribution in [2.24, 2.45) is 0 Å². The van der Waals surface area contributed by atoms with Crippen molar-refractivity contribution in [2.75, 3.05) is 5.32 Å². The summed E-state index contributed by atoms with van der Waals surface area (Å²) < 4.78 is 95.1. The van der Waals surface area contributed by atoms with E-state index in [0.29, 0.717) is 26.4 Å². The second-order valence-corrected chi connectivity index (χ2v) is 12.2. The molecule has 0 bridgehead atoms. The highest BCUT2D eigenvalue weighted by Crippen LogP contribution is 2.27. The number of anilines is 2. The van der Waals surface area contributed by atoms with Crippen LogP contribution in [0.15, 0.2) is 170 Å². The van der Waals surface area contributed by atoms with Gasteiger partial charge in [-0.05, 0) is 93.0 Å². The number of benzene rings is 6. The third-order valence-electron chi connectivity index (χ3n) is 8.27. The van der Waals surface area contributed by atoms with Crippen molar-refractivity contribution >= 4 is 11.4 Å². The summed E-state index contributed by atoms with van der Waals surface area (Å²) in [6.45, 7) is 1.33.